The second-order valence-corrected chi connectivity index (χ2v) is 3.38. The molecule has 0 aliphatic heterocycles. The van der Waals surface area contributed by atoms with Gasteiger partial charge in [0, 0.05) is 6.08 Å². The number of carbonyl (C=O) groups is 1. The van der Waals surface area contributed by atoms with E-state index < -0.39 is 0 Å². The van der Waals surface area contributed by atoms with E-state index in [9.17, 15) is 4.79 Å². The van der Waals surface area contributed by atoms with E-state index in [1.807, 2.05) is 0 Å². The molecule has 13 heavy (non-hydrogen) atoms. The minimum absolute atomic E-state index is 0.316. The Morgan fingerprint density at radius 2 is 2.23 bits per heavy atom. The maximum atomic E-state index is 10.6. The van der Waals surface area contributed by atoms with E-state index in [0.717, 1.165) is 18.8 Å². The number of hydrogen-bond acceptors (Lipinski definition) is 2. The first-order valence-electron chi connectivity index (χ1n) is 4.99. The highest BCUT2D eigenvalue weighted by atomic mass is 16.5. The fourth-order valence-corrected chi connectivity index (χ4v) is 1.03. The van der Waals surface area contributed by atoms with Crippen molar-refractivity contribution in [2.75, 3.05) is 6.61 Å². The van der Waals surface area contributed by atoms with Gasteiger partial charge in [-0.2, -0.15) is 0 Å². The van der Waals surface area contributed by atoms with Crippen LogP contribution in [0.4, 0.5) is 0 Å². The number of unbranched alkanes of at least 4 members (excludes halogenated alkanes) is 1. The van der Waals surface area contributed by atoms with Gasteiger partial charge in [-0.05, 0) is 18.8 Å². The Morgan fingerprint density at radius 1 is 1.54 bits per heavy atom. The molecule has 0 saturated heterocycles. The minimum Gasteiger partial charge on any atom is -0.463 e. The first-order valence-corrected chi connectivity index (χ1v) is 4.99. The highest BCUT2D eigenvalue weighted by molar-refractivity contribution is 5.81. The van der Waals surface area contributed by atoms with Gasteiger partial charge in [0.25, 0.3) is 0 Å². The second kappa shape index (κ2) is 7.84. The predicted molar refractivity (Wildman–Crippen MR) is 54.5 cm³/mol. The maximum absolute atomic E-state index is 10.6. The van der Waals surface area contributed by atoms with Crippen LogP contribution in [0.5, 0.6) is 0 Å². The van der Waals surface area contributed by atoms with Crippen LogP contribution in [0.15, 0.2) is 12.7 Å². The lowest BCUT2D eigenvalue weighted by Crippen LogP contribution is -2.02. The number of esters is 1. The molecule has 0 aromatic rings. The Kier molecular flexibility index (Phi) is 7.36. The van der Waals surface area contributed by atoms with E-state index in [-0.39, 0.29) is 5.97 Å². The summed E-state index contributed by atoms with van der Waals surface area (Å²) in [5.74, 6) is 0.471. The lowest BCUT2D eigenvalue weighted by Gasteiger charge is -2.07. The van der Waals surface area contributed by atoms with E-state index in [1.165, 1.54) is 18.9 Å². The third-order valence-corrected chi connectivity index (χ3v) is 2.20. The van der Waals surface area contributed by atoms with Gasteiger partial charge < -0.3 is 4.74 Å². The van der Waals surface area contributed by atoms with Gasteiger partial charge in [-0.15, -0.1) is 0 Å². The van der Waals surface area contributed by atoms with Gasteiger partial charge in [-0.3, -0.25) is 0 Å². The molecule has 0 aliphatic rings. The van der Waals surface area contributed by atoms with Crippen molar-refractivity contribution >= 4 is 5.97 Å². The van der Waals surface area contributed by atoms with Crippen LogP contribution in [0.3, 0.4) is 0 Å². The molecule has 0 unspecified atom stereocenters. The number of rotatable bonds is 7. The van der Waals surface area contributed by atoms with Crippen molar-refractivity contribution in [3.63, 3.8) is 0 Å². The molecule has 0 N–H and O–H groups in total. The van der Waals surface area contributed by atoms with Crippen LogP contribution in [-0.4, -0.2) is 12.6 Å². The predicted octanol–water partition coefficient (Wildman–Crippen LogP) is 2.93. The Morgan fingerprint density at radius 3 is 2.77 bits per heavy atom. The van der Waals surface area contributed by atoms with Gasteiger partial charge in [0.1, 0.15) is 0 Å². The topological polar surface area (TPSA) is 26.3 Å². The monoisotopic (exact) mass is 184 g/mol. The molecule has 0 bridgehead atoms. The van der Waals surface area contributed by atoms with Crippen LogP contribution in [0.2, 0.25) is 0 Å². The van der Waals surface area contributed by atoms with Crippen molar-refractivity contribution in [1.29, 1.82) is 0 Å². The zero-order chi connectivity index (χ0) is 10.1. The van der Waals surface area contributed by atoms with E-state index in [1.54, 1.807) is 0 Å². The summed E-state index contributed by atoms with van der Waals surface area (Å²) < 4.78 is 4.85. The average molecular weight is 184 g/mol. The summed E-state index contributed by atoms with van der Waals surface area (Å²) in [5.41, 5.74) is 0. The van der Waals surface area contributed by atoms with E-state index in [2.05, 4.69) is 20.4 Å². The average Bonchev–Trinajstić information content (AvgIpc) is 2.16. The number of ether oxygens (including phenoxy) is 1. The molecule has 2 nitrogen and oxygen atoms in total. The molecule has 0 aromatic carbocycles. The van der Waals surface area contributed by atoms with Gasteiger partial charge in [0.2, 0.25) is 0 Å². The second-order valence-electron chi connectivity index (χ2n) is 3.38. The van der Waals surface area contributed by atoms with Gasteiger partial charge >= 0.3 is 5.97 Å². The third-order valence-electron chi connectivity index (χ3n) is 2.20. The molecule has 0 amide bonds. The SMILES string of the molecule is C=CC(=O)OCCCC[C@@H](C)CC. The van der Waals surface area contributed by atoms with Crippen LogP contribution < -0.4 is 0 Å². The van der Waals surface area contributed by atoms with Crippen molar-refractivity contribution in [2.45, 2.75) is 39.5 Å². The minimum atomic E-state index is -0.316. The van der Waals surface area contributed by atoms with E-state index in [0.29, 0.717) is 6.61 Å². The van der Waals surface area contributed by atoms with Crippen molar-refractivity contribution < 1.29 is 9.53 Å². The highest BCUT2D eigenvalue weighted by Crippen LogP contribution is 2.10. The van der Waals surface area contributed by atoms with Crippen LogP contribution in [0.1, 0.15) is 39.5 Å². The Bertz CT molecular complexity index is 152. The molecule has 0 fully saturated rings. The van der Waals surface area contributed by atoms with Crippen molar-refractivity contribution in [1.82, 2.24) is 0 Å². The van der Waals surface area contributed by atoms with Crippen molar-refractivity contribution in [3.05, 3.63) is 12.7 Å². The molecular formula is C11H20O2. The van der Waals surface area contributed by atoms with E-state index >= 15 is 0 Å². The van der Waals surface area contributed by atoms with Crippen molar-refractivity contribution in [2.24, 2.45) is 5.92 Å². The van der Waals surface area contributed by atoms with Crippen LogP contribution in [0.25, 0.3) is 0 Å². The van der Waals surface area contributed by atoms with Gasteiger partial charge in [-0.25, -0.2) is 4.79 Å². The molecular weight excluding hydrogens is 164 g/mol. The molecule has 0 radical (unpaired) electrons. The molecule has 0 saturated carbocycles. The Labute approximate surface area is 81.0 Å². The Balaban J connectivity index is 3.17. The van der Waals surface area contributed by atoms with Gasteiger partial charge in [0.05, 0.1) is 6.61 Å². The summed E-state index contributed by atoms with van der Waals surface area (Å²) in [6.45, 7) is 8.30. The smallest absolute Gasteiger partial charge is 0.330 e. The lowest BCUT2D eigenvalue weighted by molar-refractivity contribution is -0.137. The standard InChI is InChI=1S/C11H20O2/c1-4-10(3)8-6-7-9-13-11(12)5-2/h5,10H,2,4,6-9H2,1,3H3/t10-/m0/s1. The summed E-state index contributed by atoms with van der Waals surface area (Å²) in [6, 6.07) is 0. The van der Waals surface area contributed by atoms with Crippen molar-refractivity contribution in [3.8, 4) is 0 Å². The fraction of sp³-hybridized carbons (Fsp3) is 0.727. The fourth-order valence-electron chi connectivity index (χ4n) is 1.03. The summed E-state index contributed by atoms with van der Waals surface area (Å²) in [4.78, 5) is 10.6. The van der Waals surface area contributed by atoms with Crippen LogP contribution in [-0.2, 0) is 9.53 Å². The van der Waals surface area contributed by atoms with Gasteiger partial charge in [0.15, 0.2) is 0 Å². The molecule has 0 aromatic heterocycles. The zero-order valence-corrected chi connectivity index (χ0v) is 8.71. The molecule has 0 heterocycles. The van der Waals surface area contributed by atoms with Crippen LogP contribution >= 0.6 is 0 Å². The molecule has 2 heteroatoms. The Hall–Kier alpha value is -0.790. The molecule has 76 valence electrons. The summed E-state index contributed by atoms with van der Waals surface area (Å²) in [5, 5.41) is 0. The zero-order valence-electron chi connectivity index (χ0n) is 8.71. The maximum Gasteiger partial charge on any atom is 0.330 e. The van der Waals surface area contributed by atoms with E-state index in [4.69, 9.17) is 4.74 Å². The molecule has 1 atom stereocenters. The molecule has 0 aliphatic carbocycles. The summed E-state index contributed by atoms with van der Waals surface area (Å²) in [6.07, 6.45) is 5.76. The number of hydrogen-bond donors (Lipinski definition) is 0. The van der Waals surface area contributed by atoms with Crippen LogP contribution in [0, 0.1) is 5.92 Å². The quantitative estimate of drug-likeness (QED) is 0.345. The summed E-state index contributed by atoms with van der Waals surface area (Å²) >= 11 is 0. The third kappa shape index (κ3) is 7.57. The highest BCUT2D eigenvalue weighted by Gasteiger charge is 1.99. The lowest BCUT2D eigenvalue weighted by atomic mass is 10.0. The molecule has 0 spiro atoms. The largest absolute Gasteiger partial charge is 0.463 e. The first-order chi connectivity index (χ1) is 6.20. The molecule has 0 rings (SSSR count). The normalized spacial score (nSPS) is 12.2. The van der Waals surface area contributed by atoms with Gasteiger partial charge in [-0.1, -0.05) is 33.3 Å². The number of carbonyl (C=O) groups excluding carboxylic acids is 1. The summed E-state index contributed by atoms with van der Waals surface area (Å²) in [7, 11) is 0. The first kappa shape index (κ1) is 12.2.